The Kier molecular flexibility index (Phi) is 7.83. The van der Waals surface area contributed by atoms with Crippen LogP contribution in [0.25, 0.3) is 10.4 Å². The monoisotopic (exact) mass is 486 g/mol. The van der Waals surface area contributed by atoms with Crippen LogP contribution >= 0.6 is 11.3 Å². The average molecular weight is 487 g/mol. The normalized spacial score (nSPS) is 15.9. The molecule has 1 aliphatic rings. The minimum absolute atomic E-state index is 0.204. The molecule has 1 aromatic heterocycles. The maximum Gasteiger partial charge on any atom is 0.271 e. The zero-order valence-corrected chi connectivity index (χ0v) is 20.5. The predicted molar refractivity (Wildman–Crippen MR) is 134 cm³/mol. The van der Waals surface area contributed by atoms with Crippen LogP contribution in [-0.2, 0) is 16.6 Å². The number of sulfonamides is 1. The van der Waals surface area contributed by atoms with Crippen LogP contribution in [-0.4, -0.2) is 14.5 Å². The van der Waals surface area contributed by atoms with Gasteiger partial charge in [0.15, 0.2) is 0 Å². The van der Waals surface area contributed by atoms with Gasteiger partial charge in [-0.2, -0.15) is 0 Å². The number of halogens is 1. The van der Waals surface area contributed by atoms with E-state index in [0.717, 1.165) is 29.2 Å². The third-order valence-corrected chi connectivity index (χ3v) is 9.26. The molecule has 33 heavy (non-hydrogen) atoms. The second-order valence-corrected chi connectivity index (χ2v) is 11.9. The first-order valence-corrected chi connectivity index (χ1v) is 13.9. The van der Waals surface area contributed by atoms with Crippen molar-refractivity contribution in [3.05, 3.63) is 72.0 Å². The van der Waals surface area contributed by atoms with Crippen LogP contribution in [0.5, 0.6) is 0 Å². The van der Waals surface area contributed by atoms with E-state index in [1.54, 1.807) is 30.3 Å². The minimum Gasteiger partial charge on any atom is -0.310 e. The number of para-hydroxylation sites is 1. The van der Waals surface area contributed by atoms with Crippen molar-refractivity contribution in [2.24, 2.45) is 5.92 Å². The highest BCUT2D eigenvalue weighted by Crippen LogP contribution is 2.32. The van der Waals surface area contributed by atoms with Gasteiger partial charge >= 0.3 is 0 Å². The molecule has 3 aromatic rings. The molecule has 0 aliphatic heterocycles. The van der Waals surface area contributed by atoms with Crippen LogP contribution in [0.3, 0.4) is 0 Å². The molecule has 1 fully saturated rings. The second kappa shape index (κ2) is 10.8. The zero-order valence-electron chi connectivity index (χ0n) is 18.9. The van der Waals surface area contributed by atoms with Crippen molar-refractivity contribution < 1.29 is 12.8 Å². The van der Waals surface area contributed by atoms with E-state index in [2.05, 4.69) is 17.0 Å². The van der Waals surface area contributed by atoms with Crippen molar-refractivity contribution >= 4 is 27.0 Å². The quantitative estimate of drug-likeness (QED) is 0.350. The van der Waals surface area contributed by atoms with E-state index >= 15 is 0 Å². The fourth-order valence-electron chi connectivity index (χ4n) is 4.52. The largest absolute Gasteiger partial charge is 0.310 e. The Hall–Kier alpha value is -2.22. The smallest absolute Gasteiger partial charge is 0.271 e. The van der Waals surface area contributed by atoms with Gasteiger partial charge in [-0.25, -0.2) is 12.8 Å². The summed E-state index contributed by atoms with van der Waals surface area (Å²) in [7, 11) is -3.75. The van der Waals surface area contributed by atoms with Crippen molar-refractivity contribution in [1.82, 2.24) is 5.32 Å². The van der Waals surface area contributed by atoms with E-state index in [1.807, 2.05) is 18.2 Å². The molecule has 4 nitrogen and oxygen atoms in total. The Morgan fingerprint density at radius 3 is 2.61 bits per heavy atom. The summed E-state index contributed by atoms with van der Waals surface area (Å²) in [5, 5.41) is 3.58. The lowest BCUT2D eigenvalue weighted by Crippen LogP contribution is -2.29. The Labute approximate surface area is 200 Å². The van der Waals surface area contributed by atoms with Crippen molar-refractivity contribution in [3.8, 4) is 10.4 Å². The molecule has 0 saturated heterocycles. The molecule has 0 spiro atoms. The molecule has 0 bridgehead atoms. The Bertz CT molecular complexity index is 1170. The fourth-order valence-corrected chi connectivity index (χ4v) is 6.92. The van der Waals surface area contributed by atoms with E-state index in [1.165, 1.54) is 44.2 Å². The summed E-state index contributed by atoms with van der Waals surface area (Å²) < 4.78 is 42.7. The highest BCUT2D eigenvalue weighted by atomic mass is 32.2. The molecule has 7 heteroatoms. The van der Waals surface area contributed by atoms with E-state index in [9.17, 15) is 12.8 Å². The maximum atomic E-state index is 13.6. The van der Waals surface area contributed by atoms with Crippen molar-refractivity contribution in [3.63, 3.8) is 0 Å². The van der Waals surface area contributed by atoms with Crippen LogP contribution in [0, 0.1) is 11.7 Å². The van der Waals surface area contributed by atoms with Gasteiger partial charge in [0, 0.05) is 17.5 Å². The summed E-state index contributed by atoms with van der Waals surface area (Å²) >= 11 is 1.13. The van der Waals surface area contributed by atoms with Gasteiger partial charge in [-0.3, -0.25) is 4.72 Å². The molecule has 1 saturated carbocycles. The average Bonchev–Trinajstić information content (AvgIpc) is 3.31. The highest BCUT2D eigenvalue weighted by Gasteiger charge is 2.20. The van der Waals surface area contributed by atoms with Gasteiger partial charge in [-0.05, 0) is 60.7 Å². The van der Waals surface area contributed by atoms with Crippen molar-refractivity contribution in [2.75, 3.05) is 4.72 Å². The highest BCUT2D eigenvalue weighted by molar-refractivity contribution is 7.94. The lowest BCUT2D eigenvalue weighted by Gasteiger charge is -2.25. The Morgan fingerprint density at radius 2 is 1.82 bits per heavy atom. The fraction of sp³-hybridized carbons (Fsp3) is 0.385. The number of thiophene rings is 1. The molecule has 1 heterocycles. The standard InChI is InChI=1S/C26H31FN2O2S2/c1-19(16-20-8-3-2-4-9-20)28-18-22-10-5-6-13-24(22)29-33(30,31)26-15-14-25(32-26)21-11-7-12-23(27)17-21/h5-7,10-15,17,19-20,28-29H,2-4,8-9,16,18H2,1H3/t19-/m0/s1. The van der Waals surface area contributed by atoms with Gasteiger partial charge in [0.2, 0.25) is 0 Å². The lowest BCUT2D eigenvalue weighted by molar-refractivity contribution is 0.305. The molecule has 2 aromatic carbocycles. The third-order valence-electron chi connectivity index (χ3n) is 6.27. The van der Waals surface area contributed by atoms with E-state index in [4.69, 9.17) is 0 Å². The minimum atomic E-state index is -3.75. The molecule has 0 amide bonds. The first kappa shape index (κ1) is 23.9. The van der Waals surface area contributed by atoms with Crippen molar-refractivity contribution in [1.29, 1.82) is 0 Å². The lowest BCUT2D eigenvalue weighted by atomic mass is 9.85. The summed E-state index contributed by atoms with van der Waals surface area (Å²) in [5.41, 5.74) is 2.16. The van der Waals surface area contributed by atoms with Crippen LogP contribution < -0.4 is 10.0 Å². The van der Waals surface area contributed by atoms with Crippen molar-refractivity contribution in [2.45, 2.75) is 62.2 Å². The molecular weight excluding hydrogens is 455 g/mol. The van der Waals surface area contributed by atoms with E-state index < -0.39 is 10.0 Å². The van der Waals surface area contributed by atoms with Crippen LogP contribution in [0.15, 0.2) is 64.9 Å². The summed E-state index contributed by atoms with van der Waals surface area (Å²) in [6.07, 6.45) is 7.84. The Balaban J connectivity index is 1.42. The topological polar surface area (TPSA) is 58.2 Å². The first-order chi connectivity index (χ1) is 15.9. The maximum absolute atomic E-state index is 13.6. The summed E-state index contributed by atoms with van der Waals surface area (Å²) in [5.74, 6) is 0.448. The molecule has 4 rings (SSSR count). The summed E-state index contributed by atoms with van der Waals surface area (Å²) in [4.78, 5) is 0.710. The number of nitrogens with one attached hydrogen (secondary N) is 2. The van der Waals surface area contributed by atoms with Gasteiger partial charge in [0.25, 0.3) is 10.0 Å². The molecule has 1 atom stereocenters. The first-order valence-electron chi connectivity index (χ1n) is 11.6. The van der Waals surface area contributed by atoms with Crippen LogP contribution in [0.1, 0.15) is 51.0 Å². The van der Waals surface area contributed by atoms with Gasteiger partial charge < -0.3 is 5.32 Å². The molecule has 0 radical (unpaired) electrons. The van der Waals surface area contributed by atoms with E-state index in [0.29, 0.717) is 28.7 Å². The zero-order chi connectivity index (χ0) is 23.3. The molecular formula is C26H31FN2O2S2. The molecule has 176 valence electrons. The number of hydrogen-bond acceptors (Lipinski definition) is 4. The molecule has 2 N–H and O–H groups in total. The Morgan fingerprint density at radius 1 is 1.03 bits per heavy atom. The van der Waals surface area contributed by atoms with Crippen LogP contribution in [0.2, 0.25) is 0 Å². The predicted octanol–water partition coefficient (Wildman–Crippen LogP) is 6.80. The molecule has 0 unspecified atom stereocenters. The van der Waals surface area contributed by atoms with Gasteiger partial charge in [-0.15, -0.1) is 11.3 Å². The van der Waals surface area contributed by atoms with Gasteiger partial charge in [0.05, 0.1) is 5.69 Å². The number of anilines is 1. The second-order valence-electron chi connectivity index (χ2n) is 8.91. The van der Waals surface area contributed by atoms with Crippen LogP contribution in [0.4, 0.5) is 10.1 Å². The van der Waals surface area contributed by atoms with Gasteiger partial charge in [0.1, 0.15) is 10.0 Å². The number of rotatable bonds is 9. The molecule has 1 aliphatic carbocycles. The third kappa shape index (κ3) is 6.43. The number of benzene rings is 2. The summed E-state index contributed by atoms with van der Waals surface area (Å²) in [6.45, 7) is 2.81. The van der Waals surface area contributed by atoms with E-state index in [-0.39, 0.29) is 10.0 Å². The number of hydrogen-bond donors (Lipinski definition) is 2. The SMILES string of the molecule is C[C@@H](CC1CCCCC1)NCc1ccccc1NS(=O)(=O)c1ccc(-c2cccc(F)c2)s1. The van der Waals surface area contributed by atoms with Gasteiger partial charge in [-0.1, -0.05) is 62.4 Å². The summed E-state index contributed by atoms with van der Waals surface area (Å²) in [6, 6.07) is 17.3.